The first-order valence-electron chi connectivity index (χ1n) is 6.58. The van der Waals surface area contributed by atoms with E-state index >= 15 is 0 Å². The summed E-state index contributed by atoms with van der Waals surface area (Å²) < 4.78 is 0. The van der Waals surface area contributed by atoms with Gasteiger partial charge in [0.05, 0.1) is 5.56 Å². The molecule has 0 saturated carbocycles. The first-order chi connectivity index (χ1) is 10.0. The zero-order valence-corrected chi connectivity index (χ0v) is 12.2. The van der Waals surface area contributed by atoms with Gasteiger partial charge in [-0.1, -0.05) is 6.07 Å². The van der Waals surface area contributed by atoms with Crippen LogP contribution in [0.25, 0.3) is 0 Å². The van der Waals surface area contributed by atoms with E-state index in [4.69, 9.17) is 0 Å². The Hall–Kier alpha value is -2.69. The van der Waals surface area contributed by atoms with Crippen molar-refractivity contribution in [2.24, 2.45) is 0 Å². The highest BCUT2D eigenvalue weighted by atomic mass is 16.2. The second kappa shape index (κ2) is 6.17. The molecule has 2 aromatic rings. The van der Waals surface area contributed by atoms with Crippen molar-refractivity contribution in [2.45, 2.75) is 13.8 Å². The predicted molar refractivity (Wildman–Crippen MR) is 81.5 cm³/mol. The summed E-state index contributed by atoms with van der Waals surface area (Å²) in [5, 5.41) is 5.39. The summed E-state index contributed by atoms with van der Waals surface area (Å²) >= 11 is 0. The van der Waals surface area contributed by atoms with Crippen molar-refractivity contribution >= 4 is 17.5 Å². The normalized spacial score (nSPS) is 10.0. The van der Waals surface area contributed by atoms with Gasteiger partial charge in [-0.2, -0.15) is 0 Å². The van der Waals surface area contributed by atoms with Gasteiger partial charge in [-0.05, 0) is 43.7 Å². The number of hydrogen-bond donors (Lipinski definition) is 2. The van der Waals surface area contributed by atoms with Gasteiger partial charge < -0.3 is 10.6 Å². The molecule has 0 saturated heterocycles. The topological polar surface area (TPSA) is 71.1 Å². The van der Waals surface area contributed by atoms with Gasteiger partial charge in [0, 0.05) is 30.2 Å². The lowest BCUT2D eigenvalue weighted by Gasteiger charge is -2.11. The molecule has 0 fully saturated rings. The van der Waals surface area contributed by atoms with Crippen LogP contribution in [0.4, 0.5) is 5.69 Å². The molecule has 0 aliphatic heterocycles. The van der Waals surface area contributed by atoms with Crippen molar-refractivity contribution in [1.29, 1.82) is 0 Å². The zero-order chi connectivity index (χ0) is 15.4. The Balaban J connectivity index is 2.25. The molecule has 21 heavy (non-hydrogen) atoms. The average molecular weight is 283 g/mol. The number of rotatable bonds is 3. The van der Waals surface area contributed by atoms with E-state index < -0.39 is 0 Å². The second-order valence-corrected chi connectivity index (χ2v) is 4.70. The van der Waals surface area contributed by atoms with Crippen LogP contribution in [-0.2, 0) is 0 Å². The third-order valence-electron chi connectivity index (χ3n) is 3.23. The van der Waals surface area contributed by atoms with Gasteiger partial charge in [0.2, 0.25) is 0 Å². The van der Waals surface area contributed by atoms with Gasteiger partial charge in [0.1, 0.15) is 0 Å². The summed E-state index contributed by atoms with van der Waals surface area (Å²) in [5.74, 6) is -0.430. The van der Waals surface area contributed by atoms with Crippen LogP contribution in [0.2, 0.25) is 0 Å². The standard InChI is InChI=1S/C16H17N3O2/c1-10-7-8-12(9-18-10)15(20)19-14-6-4-5-13(11(14)2)16(21)17-3/h4-9H,1-3H3,(H,17,21)(H,19,20). The van der Waals surface area contributed by atoms with E-state index in [1.807, 2.05) is 6.92 Å². The fourth-order valence-corrected chi connectivity index (χ4v) is 1.95. The molecule has 0 unspecified atom stereocenters. The van der Waals surface area contributed by atoms with Crippen LogP contribution in [0, 0.1) is 13.8 Å². The molecule has 2 N–H and O–H groups in total. The molecule has 5 nitrogen and oxygen atoms in total. The number of carbonyl (C=O) groups is 2. The van der Waals surface area contributed by atoms with Crippen LogP contribution in [0.3, 0.4) is 0 Å². The molecular weight excluding hydrogens is 266 g/mol. The van der Waals surface area contributed by atoms with Crippen LogP contribution >= 0.6 is 0 Å². The Morgan fingerprint density at radius 2 is 1.81 bits per heavy atom. The maximum absolute atomic E-state index is 12.2. The average Bonchev–Trinajstić information content (AvgIpc) is 2.49. The van der Waals surface area contributed by atoms with Crippen molar-refractivity contribution in [1.82, 2.24) is 10.3 Å². The molecule has 108 valence electrons. The lowest BCUT2D eigenvalue weighted by atomic mass is 10.1. The molecule has 5 heteroatoms. The van der Waals surface area contributed by atoms with Crippen LogP contribution in [0.1, 0.15) is 32.0 Å². The predicted octanol–water partition coefficient (Wildman–Crippen LogP) is 2.31. The molecule has 2 rings (SSSR count). The SMILES string of the molecule is CNC(=O)c1cccc(NC(=O)c2ccc(C)nc2)c1C. The van der Waals surface area contributed by atoms with Crippen LogP contribution in [-0.4, -0.2) is 23.8 Å². The van der Waals surface area contributed by atoms with E-state index in [1.165, 1.54) is 6.20 Å². The number of anilines is 1. The highest BCUT2D eigenvalue weighted by molar-refractivity contribution is 6.05. The van der Waals surface area contributed by atoms with Gasteiger partial charge in [0.25, 0.3) is 11.8 Å². The van der Waals surface area contributed by atoms with Crippen molar-refractivity contribution in [3.8, 4) is 0 Å². The largest absolute Gasteiger partial charge is 0.355 e. The number of pyridine rings is 1. The fraction of sp³-hybridized carbons (Fsp3) is 0.188. The molecule has 0 spiro atoms. The number of hydrogen-bond acceptors (Lipinski definition) is 3. The van der Waals surface area contributed by atoms with Gasteiger partial charge in [0.15, 0.2) is 0 Å². The van der Waals surface area contributed by atoms with E-state index in [9.17, 15) is 9.59 Å². The second-order valence-electron chi connectivity index (χ2n) is 4.70. The Morgan fingerprint density at radius 1 is 1.05 bits per heavy atom. The van der Waals surface area contributed by atoms with E-state index in [-0.39, 0.29) is 11.8 Å². The van der Waals surface area contributed by atoms with Crippen LogP contribution in [0.15, 0.2) is 36.5 Å². The highest BCUT2D eigenvalue weighted by Gasteiger charge is 2.13. The quantitative estimate of drug-likeness (QED) is 0.908. The van der Waals surface area contributed by atoms with Gasteiger partial charge >= 0.3 is 0 Å². The van der Waals surface area contributed by atoms with Crippen molar-refractivity contribution in [3.05, 3.63) is 58.9 Å². The Labute approximate surface area is 123 Å². The minimum atomic E-state index is -0.250. The summed E-state index contributed by atoms with van der Waals surface area (Å²) in [4.78, 5) is 28.0. The summed E-state index contributed by atoms with van der Waals surface area (Å²) in [6.45, 7) is 3.66. The Kier molecular flexibility index (Phi) is 4.33. The Morgan fingerprint density at radius 3 is 2.43 bits per heavy atom. The molecule has 1 aromatic carbocycles. The number of nitrogens with zero attached hydrogens (tertiary/aromatic N) is 1. The monoisotopic (exact) mass is 283 g/mol. The third kappa shape index (κ3) is 3.25. The minimum absolute atomic E-state index is 0.180. The number of nitrogens with one attached hydrogen (secondary N) is 2. The van der Waals surface area contributed by atoms with Crippen LogP contribution in [0.5, 0.6) is 0 Å². The number of amides is 2. The first kappa shape index (κ1) is 14.7. The summed E-state index contributed by atoms with van der Waals surface area (Å²) in [6.07, 6.45) is 1.53. The molecule has 1 heterocycles. The number of aryl methyl sites for hydroxylation is 1. The summed E-state index contributed by atoms with van der Waals surface area (Å²) in [5.41, 5.74) is 3.21. The van der Waals surface area contributed by atoms with Gasteiger partial charge in [-0.15, -0.1) is 0 Å². The lowest BCUT2D eigenvalue weighted by Crippen LogP contribution is -2.20. The maximum atomic E-state index is 12.2. The third-order valence-corrected chi connectivity index (χ3v) is 3.23. The molecule has 0 atom stereocenters. The van der Waals surface area contributed by atoms with E-state index in [0.29, 0.717) is 16.8 Å². The Bertz CT molecular complexity index is 678. The highest BCUT2D eigenvalue weighted by Crippen LogP contribution is 2.19. The van der Waals surface area contributed by atoms with E-state index in [0.717, 1.165) is 11.3 Å². The van der Waals surface area contributed by atoms with Gasteiger partial charge in [-0.3, -0.25) is 14.6 Å². The molecule has 0 aliphatic carbocycles. The number of aromatic nitrogens is 1. The zero-order valence-electron chi connectivity index (χ0n) is 12.2. The van der Waals surface area contributed by atoms with Gasteiger partial charge in [-0.25, -0.2) is 0 Å². The summed E-state index contributed by atoms with van der Waals surface area (Å²) in [7, 11) is 1.57. The number of benzene rings is 1. The molecule has 0 radical (unpaired) electrons. The molecule has 1 aromatic heterocycles. The van der Waals surface area contributed by atoms with Crippen molar-refractivity contribution < 1.29 is 9.59 Å². The first-order valence-corrected chi connectivity index (χ1v) is 6.58. The van der Waals surface area contributed by atoms with Crippen molar-refractivity contribution in [3.63, 3.8) is 0 Å². The number of carbonyl (C=O) groups excluding carboxylic acids is 2. The van der Waals surface area contributed by atoms with Crippen molar-refractivity contribution in [2.75, 3.05) is 12.4 Å². The van der Waals surface area contributed by atoms with E-state index in [2.05, 4.69) is 15.6 Å². The minimum Gasteiger partial charge on any atom is -0.355 e. The smallest absolute Gasteiger partial charge is 0.257 e. The molecular formula is C16H17N3O2. The fourth-order valence-electron chi connectivity index (χ4n) is 1.95. The molecule has 0 bridgehead atoms. The molecule has 2 amide bonds. The lowest BCUT2D eigenvalue weighted by molar-refractivity contribution is 0.0960. The van der Waals surface area contributed by atoms with Crippen LogP contribution < -0.4 is 10.6 Å². The molecule has 0 aliphatic rings. The maximum Gasteiger partial charge on any atom is 0.257 e. The summed E-state index contributed by atoms with van der Waals surface area (Å²) in [6, 6.07) is 8.72. The van der Waals surface area contributed by atoms with E-state index in [1.54, 1.807) is 44.3 Å².